The Morgan fingerprint density at radius 3 is 2.36 bits per heavy atom. The van der Waals surface area contributed by atoms with Gasteiger partial charge in [-0.2, -0.15) is 12.6 Å². The first-order chi connectivity index (χ1) is 6.70. The third-order valence-corrected chi connectivity index (χ3v) is 1.21. The van der Waals surface area contributed by atoms with Crippen molar-refractivity contribution in [3.05, 3.63) is 12.2 Å². The summed E-state index contributed by atoms with van der Waals surface area (Å²) in [6.07, 6.45) is 2.18. The summed E-state index contributed by atoms with van der Waals surface area (Å²) in [5.74, 6) is -0.303. The standard InChI is InChI=1S/C7H11NO3S.C2H6/c1-11-7(10)3-2-6(9)8-4-5-12;1-2/h2-3,12H,4-5H2,1H3,(H,8,9);1-2H3/b3-2-;. The van der Waals surface area contributed by atoms with Crippen LogP contribution in [-0.4, -0.2) is 31.3 Å². The molecule has 0 saturated heterocycles. The minimum atomic E-state index is -0.545. The zero-order valence-electron chi connectivity index (χ0n) is 8.74. The van der Waals surface area contributed by atoms with Crippen LogP contribution in [0.5, 0.6) is 0 Å². The number of carbonyl (C=O) groups excluding carboxylic acids is 2. The van der Waals surface area contributed by atoms with Crippen LogP contribution in [0.1, 0.15) is 13.8 Å². The van der Waals surface area contributed by atoms with Crippen molar-refractivity contribution in [2.24, 2.45) is 0 Å². The lowest BCUT2D eigenvalue weighted by atomic mass is 10.4. The highest BCUT2D eigenvalue weighted by molar-refractivity contribution is 7.80. The Morgan fingerprint density at radius 2 is 1.93 bits per heavy atom. The Labute approximate surface area is 90.1 Å². The summed E-state index contributed by atoms with van der Waals surface area (Å²) in [6, 6.07) is 0. The molecule has 0 fully saturated rings. The Morgan fingerprint density at radius 1 is 1.36 bits per heavy atom. The fraction of sp³-hybridized carbons (Fsp3) is 0.556. The van der Waals surface area contributed by atoms with Gasteiger partial charge >= 0.3 is 5.97 Å². The van der Waals surface area contributed by atoms with E-state index in [2.05, 4.69) is 22.7 Å². The topological polar surface area (TPSA) is 55.4 Å². The zero-order valence-corrected chi connectivity index (χ0v) is 9.64. The van der Waals surface area contributed by atoms with Gasteiger partial charge in [-0.1, -0.05) is 13.8 Å². The summed E-state index contributed by atoms with van der Waals surface area (Å²) in [4.78, 5) is 21.3. The predicted molar refractivity (Wildman–Crippen MR) is 59.4 cm³/mol. The van der Waals surface area contributed by atoms with Gasteiger partial charge in [0.1, 0.15) is 0 Å². The van der Waals surface area contributed by atoms with Crippen molar-refractivity contribution in [3.8, 4) is 0 Å². The van der Waals surface area contributed by atoms with Crippen LogP contribution in [0.15, 0.2) is 12.2 Å². The number of thiol groups is 1. The summed E-state index contributed by atoms with van der Waals surface area (Å²) in [7, 11) is 1.25. The van der Waals surface area contributed by atoms with Crippen molar-refractivity contribution in [1.29, 1.82) is 0 Å². The van der Waals surface area contributed by atoms with Gasteiger partial charge in [0.25, 0.3) is 0 Å². The second-order valence-electron chi connectivity index (χ2n) is 1.87. The molecule has 0 unspecified atom stereocenters. The van der Waals surface area contributed by atoms with Gasteiger partial charge < -0.3 is 10.1 Å². The number of hydrogen-bond donors (Lipinski definition) is 2. The Balaban J connectivity index is 0. The highest BCUT2D eigenvalue weighted by Gasteiger charge is 1.95. The smallest absolute Gasteiger partial charge is 0.330 e. The van der Waals surface area contributed by atoms with E-state index in [4.69, 9.17) is 0 Å². The first-order valence-electron chi connectivity index (χ1n) is 4.35. The van der Waals surface area contributed by atoms with E-state index in [9.17, 15) is 9.59 Å². The average Bonchev–Trinajstić information content (AvgIpc) is 2.25. The van der Waals surface area contributed by atoms with Crippen LogP contribution in [-0.2, 0) is 14.3 Å². The van der Waals surface area contributed by atoms with Gasteiger partial charge in [-0.3, -0.25) is 4.79 Å². The van der Waals surface area contributed by atoms with E-state index >= 15 is 0 Å². The van der Waals surface area contributed by atoms with Gasteiger partial charge in [0.15, 0.2) is 0 Å². The van der Waals surface area contributed by atoms with Crippen molar-refractivity contribution in [2.45, 2.75) is 13.8 Å². The van der Waals surface area contributed by atoms with E-state index in [1.807, 2.05) is 13.8 Å². The third-order valence-electron chi connectivity index (χ3n) is 0.983. The minimum Gasteiger partial charge on any atom is -0.466 e. The molecule has 0 spiro atoms. The lowest BCUT2D eigenvalue weighted by molar-refractivity contribution is -0.135. The van der Waals surface area contributed by atoms with Crippen LogP contribution in [0.2, 0.25) is 0 Å². The minimum absolute atomic E-state index is 0.325. The Bertz CT molecular complexity index is 192. The van der Waals surface area contributed by atoms with Crippen molar-refractivity contribution in [2.75, 3.05) is 19.4 Å². The fourth-order valence-electron chi connectivity index (χ4n) is 0.450. The summed E-state index contributed by atoms with van der Waals surface area (Å²) >= 11 is 3.89. The van der Waals surface area contributed by atoms with Crippen LogP contribution in [0.3, 0.4) is 0 Å². The molecule has 5 heteroatoms. The summed E-state index contributed by atoms with van der Waals surface area (Å²) < 4.78 is 4.28. The second kappa shape index (κ2) is 12.0. The van der Waals surface area contributed by atoms with Gasteiger partial charge in [-0.25, -0.2) is 4.79 Å². The molecule has 0 rings (SSSR count). The van der Waals surface area contributed by atoms with Gasteiger partial charge in [0.05, 0.1) is 7.11 Å². The zero-order chi connectivity index (χ0) is 11.4. The summed E-state index contributed by atoms with van der Waals surface area (Å²) in [5, 5.41) is 2.50. The van der Waals surface area contributed by atoms with Crippen molar-refractivity contribution in [1.82, 2.24) is 5.32 Å². The molecule has 0 aromatic carbocycles. The van der Waals surface area contributed by atoms with E-state index in [-0.39, 0.29) is 5.91 Å². The molecule has 82 valence electrons. The number of carbonyl (C=O) groups is 2. The third kappa shape index (κ3) is 11.0. The number of hydrogen-bond acceptors (Lipinski definition) is 4. The SMILES string of the molecule is CC.COC(=O)/C=C\C(=O)NCCS. The molecule has 0 aliphatic carbocycles. The van der Waals surface area contributed by atoms with Gasteiger partial charge in [0.2, 0.25) is 5.91 Å². The van der Waals surface area contributed by atoms with Crippen LogP contribution in [0.25, 0.3) is 0 Å². The van der Waals surface area contributed by atoms with Crippen molar-refractivity contribution in [3.63, 3.8) is 0 Å². The van der Waals surface area contributed by atoms with Crippen LogP contribution >= 0.6 is 12.6 Å². The van der Waals surface area contributed by atoms with Gasteiger partial charge in [-0.15, -0.1) is 0 Å². The Kier molecular flexibility index (Phi) is 13.3. The monoisotopic (exact) mass is 219 g/mol. The normalized spacial score (nSPS) is 8.86. The fourth-order valence-corrected chi connectivity index (χ4v) is 0.562. The maximum Gasteiger partial charge on any atom is 0.330 e. The summed E-state index contributed by atoms with van der Waals surface area (Å²) in [5.41, 5.74) is 0. The molecule has 0 aromatic rings. The van der Waals surface area contributed by atoms with E-state index in [0.717, 1.165) is 12.2 Å². The lowest BCUT2D eigenvalue weighted by Crippen LogP contribution is -2.23. The molecule has 0 atom stereocenters. The Hall–Kier alpha value is -0.970. The number of amides is 1. The first-order valence-corrected chi connectivity index (χ1v) is 4.98. The molecule has 1 amide bonds. The van der Waals surface area contributed by atoms with Gasteiger partial charge in [-0.05, 0) is 0 Å². The van der Waals surface area contributed by atoms with E-state index in [1.54, 1.807) is 0 Å². The molecule has 0 aromatic heterocycles. The van der Waals surface area contributed by atoms with E-state index in [1.165, 1.54) is 7.11 Å². The molecule has 1 N–H and O–H groups in total. The number of nitrogens with one attached hydrogen (secondary N) is 1. The molecule has 0 bridgehead atoms. The average molecular weight is 219 g/mol. The highest BCUT2D eigenvalue weighted by atomic mass is 32.1. The number of rotatable bonds is 4. The van der Waals surface area contributed by atoms with E-state index < -0.39 is 5.97 Å². The molecule has 0 saturated carbocycles. The molecule has 0 aliphatic rings. The quantitative estimate of drug-likeness (QED) is 0.417. The van der Waals surface area contributed by atoms with Gasteiger partial charge in [0, 0.05) is 24.4 Å². The van der Waals surface area contributed by atoms with E-state index in [0.29, 0.717) is 12.3 Å². The molecular formula is C9H17NO3S. The van der Waals surface area contributed by atoms with Crippen LogP contribution < -0.4 is 5.32 Å². The second-order valence-corrected chi connectivity index (χ2v) is 2.32. The number of esters is 1. The predicted octanol–water partition coefficient (Wildman–Crippen LogP) is 0.788. The van der Waals surface area contributed by atoms with Crippen LogP contribution in [0.4, 0.5) is 0 Å². The molecule has 4 nitrogen and oxygen atoms in total. The molecule has 14 heavy (non-hydrogen) atoms. The molecular weight excluding hydrogens is 202 g/mol. The summed E-state index contributed by atoms with van der Waals surface area (Å²) in [6.45, 7) is 4.48. The van der Waals surface area contributed by atoms with Crippen molar-refractivity contribution >= 4 is 24.5 Å². The maximum absolute atomic E-state index is 10.8. The first kappa shape index (κ1) is 15.5. The molecule has 0 heterocycles. The largest absolute Gasteiger partial charge is 0.466 e. The molecule has 0 aliphatic heterocycles. The molecule has 0 radical (unpaired) electrons. The van der Waals surface area contributed by atoms with Crippen LogP contribution in [0, 0.1) is 0 Å². The number of ether oxygens (including phenoxy) is 1. The highest BCUT2D eigenvalue weighted by Crippen LogP contribution is 1.78. The number of methoxy groups -OCH3 is 1. The maximum atomic E-state index is 10.8. The lowest BCUT2D eigenvalue weighted by Gasteiger charge is -1.96. The van der Waals surface area contributed by atoms with Crippen molar-refractivity contribution < 1.29 is 14.3 Å².